The molecule has 3 aromatic rings. The number of halogens is 2. The highest BCUT2D eigenvalue weighted by molar-refractivity contribution is 14.1. The van der Waals surface area contributed by atoms with Crippen LogP contribution in [-0.4, -0.2) is 15.8 Å². The van der Waals surface area contributed by atoms with Crippen molar-refractivity contribution in [2.45, 2.75) is 0 Å². The number of nitrogens with one attached hydrogen (secondary N) is 1. The van der Waals surface area contributed by atoms with Gasteiger partial charge >= 0.3 is 0 Å². The molecule has 0 bridgehead atoms. The number of aromatic nitrogens is 2. The highest BCUT2D eigenvalue weighted by Crippen LogP contribution is 2.25. The fraction of sp³-hybridized carbons (Fsp3) is 0. The lowest BCUT2D eigenvalue weighted by Gasteiger charge is -2.09. The number of nitrogen functional groups attached to an aromatic ring is 1. The fourth-order valence-electron chi connectivity index (χ4n) is 2.23. The van der Waals surface area contributed by atoms with Gasteiger partial charge in [-0.3, -0.25) is 8.32 Å². The average Bonchev–Trinajstić information content (AvgIpc) is 2.62. The summed E-state index contributed by atoms with van der Waals surface area (Å²) in [4.78, 5) is 21.2. The van der Waals surface area contributed by atoms with Crippen molar-refractivity contribution in [3.05, 3.63) is 70.3 Å². The molecule has 3 N–H and O–H groups in total. The first-order valence-corrected chi connectivity index (χ1v) is 8.85. The molecule has 0 fully saturated rings. The zero-order valence-corrected chi connectivity index (χ0v) is 16.1. The Hall–Kier alpha value is -2.00. The SMILES string of the molecule is Nc1ccc(-c2ccnc(NI)n2)cc1C(=O)c1ccc(Br)cc1. The second-order valence-corrected chi connectivity index (χ2v) is 6.45. The Morgan fingerprint density at radius 3 is 2.58 bits per heavy atom. The maximum Gasteiger partial charge on any atom is 0.232 e. The van der Waals surface area contributed by atoms with Crippen molar-refractivity contribution in [1.29, 1.82) is 0 Å². The Morgan fingerprint density at radius 1 is 1.12 bits per heavy atom. The number of carbonyl (C=O) groups is 1. The van der Waals surface area contributed by atoms with Gasteiger partial charge in [-0.15, -0.1) is 0 Å². The Labute approximate surface area is 161 Å². The molecular weight excluding hydrogens is 483 g/mol. The summed E-state index contributed by atoms with van der Waals surface area (Å²) in [5.41, 5.74) is 9.01. The van der Waals surface area contributed by atoms with Gasteiger partial charge in [-0.25, -0.2) is 9.97 Å². The first-order valence-electron chi connectivity index (χ1n) is 6.98. The zero-order valence-electron chi connectivity index (χ0n) is 12.3. The predicted octanol–water partition coefficient (Wildman–Crippen LogP) is 4.48. The summed E-state index contributed by atoms with van der Waals surface area (Å²) in [6.45, 7) is 0. The highest BCUT2D eigenvalue weighted by atomic mass is 127. The fourth-order valence-corrected chi connectivity index (χ4v) is 2.76. The molecule has 0 saturated carbocycles. The molecule has 3 rings (SSSR count). The van der Waals surface area contributed by atoms with Crippen LogP contribution in [0, 0.1) is 0 Å². The standard InChI is InChI=1S/C17H12BrIN4O/c18-12-4-1-10(2-5-12)16(24)13-9-11(3-6-14(13)20)15-7-8-21-17(22-15)23-19/h1-9H,20H2,(H,21,22,23). The van der Waals surface area contributed by atoms with Crippen LogP contribution in [0.2, 0.25) is 0 Å². The molecule has 2 aromatic carbocycles. The van der Waals surface area contributed by atoms with Crippen molar-refractivity contribution >= 4 is 56.2 Å². The van der Waals surface area contributed by atoms with Crippen LogP contribution in [0.1, 0.15) is 15.9 Å². The number of nitrogens with two attached hydrogens (primary N) is 1. The van der Waals surface area contributed by atoms with Crippen LogP contribution in [0.3, 0.4) is 0 Å². The number of ketones is 1. The van der Waals surface area contributed by atoms with Crippen LogP contribution >= 0.6 is 38.8 Å². The molecule has 7 heteroatoms. The molecule has 0 saturated heterocycles. The quantitative estimate of drug-likeness (QED) is 0.242. The van der Waals surface area contributed by atoms with E-state index in [1.54, 1.807) is 36.5 Å². The molecule has 24 heavy (non-hydrogen) atoms. The van der Waals surface area contributed by atoms with Crippen molar-refractivity contribution in [3.8, 4) is 11.3 Å². The first kappa shape index (κ1) is 16.8. The van der Waals surface area contributed by atoms with Crippen LogP contribution in [0.25, 0.3) is 11.3 Å². The molecule has 0 atom stereocenters. The van der Waals surface area contributed by atoms with Gasteiger partial charge in [0.1, 0.15) is 0 Å². The van der Waals surface area contributed by atoms with Crippen LogP contribution in [0.4, 0.5) is 11.6 Å². The Bertz CT molecular complexity index is 899. The van der Waals surface area contributed by atoms with Gasteiger partial charge in [0.05, 0.1) is 28.6 Å². The largest absolute Gasteiger partial charge is 0.398 e. The van der Waals surface area contributed by atoms with Crippen molar-refractivity contribution < 1.29 is 4.79 Å². The van der Waals surface area contributed by atoms with Crippen LogP contribution < -0.4 is 9.26 Å². The number of hydrogen-bond acceptors (Lipinski definition) is 5. The van der Waals surface area contributed by atoms with Gasteiger partial charge in [-0.2, -0.15) is 0 Å². The smallest absolute Gasteiger partial charge is 0.232 e. The van der Waals surface area contributed by atoms with Crippen LogP contribution in [0.15, 0.2) is 59.2 Å². The van der Waals surface area contributed by atoms with E-state index < -0.39 is 0 Å². The van der Waals surface area contributed by atoms with Crippen molar-refractivity contribution in [2.75, 3.05) is 9.26 Å². The predicted molar refractivity (Wildman–Crippen MR) is 107 cm³/mol. The van der Waals surface area contributed by atoms with Gasteiger partial charge in [-0.05, 0) is 42.5 Å². The lowest BCUT2D eigenvalue weighted by Crippen LogP contribution is -2.06. The highest BCUT2D eigenvalue weighted by Gasteiger charge is 2.14. The zero-order chi connectivity index (χ0) is 17.1. The molecule has 0 aliphatic heterocycles. The van der Waals surface area contributed by atoms with E-state index >= 15 is 0 Å². The molecule has 0 aliphatic carbocycles. The molecule has 0 unspecified atom stereocenters. The van der Waals surface area contributed by atoms with E-state index in [4.69, 9.17) is 5.73 Å². The van der Waals surface area contributed by atoms with E-state index in [0.717, 1.165) is 10.0 Å². The van der Waals surface area contributed by atoms with E-state index in [9.17, 15) is 4.79 Å². The molecule has 120 valence electrons. The van der Waals surface area contributed by atoms with Crippen molar-refractivity contribution in [2.24, 2.45) is 0 Å². The summed E-state index contributed by atoms with van der Waals surface area (Å²) in [6, 6.07) is 14.3. The molecule has 5 nitrogen and oxygen atoms in total. The molecule has 1 heterocycles. The summed E-state index contributed by atoms with van der Waals surface area (Å²) >= 11 is 5.33. The number of anilines is 2. The summed E-state index contributed by atoms with van der Waals surface area (Å²) in [5.74, 6) is 0.383. The van der Waals surface area contributed by atoms with Gasteiger partial charge in [0.2, 0.25) is 5.95 Å². The minimum atomic E-state index is -0.122. The lowest BCUT2D eigenvalue weighted by atomic mass is 9.98. The van der Waals surface area contributed by atoms with Gasteiger partial charge < -0.3 is 5.73 Å². The topological polar surface area (TPSA) is 80.9 Å². The van der Waals surface area contributed by atoms with Crippen LogP contribution in [0.5, 0.6) is 0 Å². The normalized spacial score (nSPS) is 10.4. The average molecular weight is 495 g/mol. The van der Waals surface area contributed by atoms with Gasteiger partial charge in [0.15, 0.2) is 5.78 Å². The van der Waals surface area contributed by atoms with Gasteiger partial charge in [-0.1, -0.05) is 22.0 Å². The van der Waals surface area contributed by atoms with Gasteiger partial charge in [0.25, 0.3) is 0 Å². The minimum absolute atomic E-state index is 0.122. The molecule has 0 spiro atoms. The number of nitrogens with zero attached hydrogens (tertiary/aromatic N) is 2. The number of hydrogen-bond donors (Lipinski definition) is 2. The maximum absolute atomic E-state index is 12.7. The Morgan fingerprint density at radius 2 is 1.88 bits per heavy atom. The molecular formula is C17H12BrIN4O. The summed E-state index contributed by atoms with van der Waals surface area (Å²) in [5, 5.41) is 0. The minimum Gasteiger partial charge on any atom is -0.398 e. The molecule has 0 aliphatic rings. The third kappa shape index (κ3) is 3.57. The summed E-state index contributed by atoms with van der Waals surface area (Å²) in [6.07, 6.45) is 1.66. The summed E-state index contributed by atoms with van der Waals surface area (Å²) in [7, 11) is 0. The van der Waals surface area contributed by atoms with Crippen molar-refractivity contribution in [1.82, 2.24) is 9.97 Å². The second kappa shape index (κ2) is 7.27. The van der Waals surface area contributed by atoms with Gasteiger partial charge in [0, 0.05) is 33.0 Å². The second-order valence-electron chi connectivity index (χ2n) is 5.00. The third-order valence-electron chi connectivity index (χ3n) is 3.44. The van der Waals surface area contributed by atoms with E-state index in [1.165, 1.54) is 0 Å². The first-order chi connectivity index (χ1) is 11.6. The number of carbonyl (C=O) groups excluding carboxylic acids is 1. The number of rotatable bonds is 4. The number of benzene rings is 2. The lowest BCUT2D eigenvalue weighted by molar-refractivity contribution is 0.103. The van der Waals surface area contributed by atoms with Crippen molar-refractivity contribution in [3.63, 3.8) is 0 Å². The molecule has 1 aromatic heterocycles. The molecule has 0 radical (unpaired) electrons. The Kier molecular flexibility index (Phi) is 5.10. The molecule has 0 amide bonds. The maximum atomic E-state index is 12.7. The van der Waals surface area contributed by atoms with Crippen LogP contribution in [-0.2, 0) is 0 Å². The van der Waals surface area contributed by atoms with E-state index in [-0.39, 0.29) is 5.78 Å². The Balaban J connectivity index is 2.02. The summed E-state index contributed by atoms with van der Waals surface area (Å²) < 4.78 is 3.79. The van der Waals surface area contributed by atoms with E-state index in [1.807, 2.05) is 41.1 Å². The monoisotopic (exact) mass is 494 g/mol. The van der Waals surface area contributed by atoms with E-state index in [0.29, 0.717) is 28.5 Å². The third-order valence-corrected chi connectivity index (χ3v) is 4.45. The van der Waals surface area contributed by atoms with E-state index in [2.05, 4.69) is 29.4 Å².